The minimum Gasteiger partial charge on any atom is -0.380 e. The van der Waals surface area contributed by atoms with Crippen molar-refractivity contribution in [1.29, 1.82) is 0 Å². The molecule has 1 heterocycles. The fourth-order valence-electron chi connectivity index (χ4n) is 3.39. The third-order valence-electron chi connectivity index (χ3n) is 4.81. The van der Waals surface area contributed by atoms with Gasteiger partial charge in [-0.3, -0.25) is 9.69 Å². The molecule has 1 aromatic rings. The fourth-order valence-corrected chi connectivity index (χ4v) is 3.39. The lowest BCUT2D eigenvalue weighted by atomic mass is 10.0. The molecular formula is C18H26N2O3. The molecule has 3 rings (SSSR count). The molecule has 2 fully saturated rings. The third-order valence-corrected chi connectivity index (χ3v) is 4.81. The Morgan fingerprint density at radius 3 is 2.65 bits per heavy atom. The van der Waals surface area contributed by atoms with Crippen molar-refractivity contribution in [2.45, 2.75) is 44.4 Å². The average Bonchev–Trinajstić information content (AvgIpc) is 3.02. The van der Waals surface area contributed by atoms with E-state index in [9.17, 15) is 9.90 Å². The highest BCUT2D eigenvalue weighted by atomic mass is 16.5. The molecule has 1 amide bonds. The minimum absolute atomic E-state index is 0.228. The number of benzene rings is 1. The Morgan fingerprint density at radius 1 is 1.22 bits per heavy atom. The molecule has 0 unspecified atom stereocenters. The van der Waals surface area contributed by atoms with Gasteiger partial charge >= 0.3 is 0 Å². The van der Waals surface area contributed by atoms with Crippen molar-refractivity contribution in [1.82, 2.24) is 10.2 Å². The molecule has 1 aliphatic heterocycles. The van der Waals surface area contributed by atoms with Crippen LogP contribution < -0.4 is 5.32 Å². The maximum absolute atomic E-state index is 12.2. The number of morpholine rings is 1. The number of ether oxygens (including phenoxy) is 1. The molecule has 0 aromatic heterocycles. The number of nitrogens with zero attached hydrogens (tertiary/aromatic N) is 1. The summed E-state index contributed by atoms with van der Waals surface area (Å²) in [6, 6.07) is 8.29. The molecule has 1 aromatic carbocycles. The van der Waals surface area contributed by atoms with Crippen molar-refractivity contribution >= 4 is 5.91 Å². The van der Waals surface area contributed by atoms with Crippen LogP contribution in [0.1, 0.15) is 36.8 Å². The zero-order valence-electron chi connectivity index (χ0n) is 13.6. The van der Waals surface area contributed by atoms with E-state index in [0.29, 0.717) is 19.4 Å². The van der Waals surface area contributed by atoms with Crippen molar-refractivity contribution in [2.75, 3.05) is 26.3 Å². The van der Waals surface area contributed by atoms with Gasteiger partial charge in [-0.25, -0.2) is 0 Å². The van der Waals surface area contributed by atoms with Crippen LogP contribution in [0.3, 0.4) is 0 Å². The molecule has 0 spiro atoms. The van der Waals surface area contributed by atoms with Crippen LogP contribution in [0.5, 0.6) is 0 Å². The van der Waals surface area contributed by atoms with Crippen LogP contribution in [-0.2, 0) is 22.6 Å². The van der Waals surface area contributed by atoms with Gasteiger partial charge < -0.3 is 15.2 Å². The number of hydrogen-bond acceptors (Lipinski definition) is 4. The van der Waals surface area contributed by atoms with Crippen molar-refractivity contribution in [3.05, 3.63) is 35.4 Å². The Bertz CT molecular complexity index is 535. The lowest BCUT2D eigenvalue weighted by molar-refractivity contribution is -0.139. The van der Waals surface area contributed by atoms with E-state index in [1.807, 2.05) is 12.1 Å². The van der Waals surface area contributed by atoms with Crippen molar-refractivity contribution in [3.63, 3.8) is 0 Å². The molecule has 0 bridgehead atoms. The van der Waals surface area contributed by atoms with Gasteiger partial charge in [0.25, 0.3) is 5.91 Å². The second-order valence-electron chi connectivity index (χ2n) is 6.63. The number of carbonyl (C=O) groups is 1. The first-order valence-corrected chi connectivity index (χ1v) is 8.54. The molecule has 23 heavy (non-hydrogen) atoms. The number of rotatable bonds is 5. The normalized spacial score (nSPS) is 21.3. The highest BCUT2D eigenvalue weighted by molar-refractivity contribution is 5.85. The van der Waals surface area contributed by atoms with E-state index < -0.39 is 5.60 Å². The van der Waals surface area contributed by atoms with E-state index >= 15 is 0 Å². The van der Waals surface area contributed by atoms with E-state index in [2.05, 4.69) is 22.3 Å². The molecule has 126 valence electrons. The Labute approximate surface area is 137 Å². The standard InChI is InChI=1S/C18H26N2O3/c21-17(18(22)6-1-2-7-18)19-13-15-4-3-5-16(12-15)14-20-8-10-23-11-9-20/h3-5,12,22H,1-2,6-11,13-14H2,(H,19,21). The summed E-state index contributed by atoms with van der Waals surface area (Å²) in [4.78, 5) is 14.5. The summed E-state index contributed by atoms with van der Waals surface area (Å²) in [6.45, 7) is 4.91. The van der Waals surface area contributed by atoms with Gasteiger partial charge in [-0.05, 0) is 36.8 Å². The summed E-state index contributed by atoms with van der Waals surface area (Å²) in [5, 5.41) is 13.2. The van der Waals surface area contributed by atoms with E-state index in [1.165, 1.54) is 5.56 Å². The van der Waals surface area contributed by atoms with Crippen molar-refractivity contribution < 1.29 is 14.6 Å². The molecule has 5 nitrogen and oxygen atoms in total. The van der Waals surface area contributed by atoms with Crippen LogP contribution in [0.25, 0.3) is 0 Å². The smallest absolute Gasteiger partial charge is 0.252 e. The first-order valence-electron chi connectivity index (χ1n) is 8.54. The quantitative estimate of drug-likeness (QED) is 0.862. The fraction of sp³-hybridized carbons (Fsp3) is 0.611. The van der Waals surface area contributed by atoms with Gasteiger partial charge in [-0.2, -0.15) is 0 Å². The summed E-state index contributed by atoms with van der Waals surface area (Å²) in [6.07, 6.45) is 3.02. The number of hydrogen-bond donors (Lipinski definition) is 2. The Morgan fingerprint density at radius 2 is 1.91 bits per heavy atom. The van der Waals surface area contributed by atoms with Gasteiger partial charge in [-0.1, -0.05) is 24.3 Å². The molecule has 1 saturated carbocycles. The highest BCUT2D eigenvalue weighted by Crippen LogP contribution is 2.29. The van der Waals surface area contributed by atoms with Crippen LogP contribution in [0.4, 0.5) is 0 Å². The van der Waals surface area contributed by atoms with Crippen molar-refractivity contribution in [2.24, 2.45) is 0 Å². The summed E-state index contributed by atoms with van der Waals surface area (Å²) < 4.78 is 5.37. The molecule has 0 radical (unpaired) electrons. The first kappa shape index (κ1) is 16.4. The van der Waals surface area contributed by atoms with E-state index in [0.717, 1.165) is 51.3 Å². The van der Waals surface area contributed by atoms with Crippen LogP contribution in [0, 0.1) is 0 Å². The summed E-state index contributed by atoms with van der Waals surface area (Å²) in [5.41, 5.74) is 1.18. The number of amides is 1. The molecule has 1 saturated heterocycles. The third kappa shape index (κ3) is 4.31. The summed E-state index contributed by atoms with van der Waals surface area (Å²) in [7, 11) is 0. The molecule has 2 N–H and O–H groups in total. The maximum atomic E-state index is 12.2. The summed E-state index contributed by atoms with van der Waals surface area (Å²) in [5.74, 6) is -0.228. The molecule has 2 aliphatic rings. The number of nitrogens with one attached hydrogen (secondary N) is 1. The lowest BCUT2D eigenvalue weighted by Crippen LogP contribution is -2.44. The van der Waals surface area contributed by atoms with Gasteiger partial charge in [0.1, 0.15) is 5.60 Å². The zero-order valence-corrected chi connectivity index (χ0v) is 13.6. The van der Waals surface area contributed by atoms with Gasteiger partial charge in [0, 0.05) is 26.2 Å². The first-order chi connectivity index (χ1) is 11.2. The zero-order chi connectivity index (χ0) is 16.1. The predicted octanol–water partition coefficient (Wildman–Crippen LogP) is 1.44. The van der Waals surface area contributed by atoms with Gasteiger partial charge in [0.15, 0.2) is 0 Å². The van der Waals surface area contributed by atoms with Crippen LogP contribution in [0.15, 0.2) is 24.3 Å². The van der Waals surface area contributed by atoms with Crippen LogP contribution >= 0.6 is 0 Å². The average molecular weight is 318 g/mol. The van der Waals surface area contributed by atoms with E-state index in [4.69, 9.17) is 4.74 Å². The topological polar surface area (TPSA) is 61.8 Å². The van der Waals surface area contributed by atoms with Crippen LogP contribution in [-0.4, -0.2) is 47.8 Å². The number of carbonyl (C=O) groups excluding carboxylic acids is 1. The second kappa shape index (κ2) is 7.43. The number of aliphatic hydroxyl groups is 1. The maximum Gasteiger partial charge on any atom is 0.252 e. The largest absolute Gasteiger partial charge is 0.380 e. The van der Waals surface area contributed by atoms with E-state index in [-0.39, 0.29) is 5.91 Å². The Hall–Kier alpha value is -1.43. The Balaban J connectivity index is 1.53. The van der Waals surface area contributed by atoms with E-state index in [1.54, 1.807) is 0 Å². The molecule has 1 aliphatic carbocycles. The van der Waals surface area contributed by atoms with Crippen LogP contribution in [0.2, 0.25) is 0 Å². The molecule has 0 atom stereocenters. The monoisotopic (exact) mass is 318 g/mol. The predicted molar refractivity (Wildman–Crippen MR) is 87.8 cm³/mol. The Kier molecular flexibility index (Phi) is 5.30. The van der Waals surface area contributed by atoms with Gasteiger partial charge in [0.05, 0.1) is 13.2 Å². The highest BCUT2D eigenvalue weighted by Gasteiger charge is 2.38. The van der Waals surface area contributed by atoms with Gasteiger partial charge in [0.2, 0.25) is 0 Å². The SMILES string of the molecule is O=C(NCc1cccc(CN2CCOCC2)c1)C1(O)CCCC1. The molecular weight excluding hydrogens is 292 g/mol. The second-order valence-corrected chi connectivity index (χ2v) is 6.63. The minimum atomic E-state index is -1.15. The lowest BCUT2D eigenvalue weighted by Gasteiger charge is -2.26. The summed E-state index contributed by atoms with van der Waals surface area (Å²) >= 11 is 0. The van der Waals surface area contributed by atoms with Gasteiger partial charge in [-0.15, -0.1) is 0 Å². The van der Waals surface area contributed by atoms with Crippen molar-refractivity contribution in [3.8, 4) is 0 Å². The molecule has 5 heteroatoms.